The van der Waals surface area contributed by atoms with Crippen molar-refractivity contribution in [1.29, 1.82) is 0 Å². The third-order valence-electron chi connectivity index (χ3n) is 3.76. The molecule has 0 atom stereocenters. The summed E-state index contributed by atoms with van der Waals surface area (Å²) in [4.78, 5) is 0. The highest BCUT2D eigenvalue weighted by Crippen LogP contribution is 2.36. The van der Waals surface area contributed by atoms with Crippen LogP contribution in [-0.4, -0.2) is 12.1 Å². The lowest BCUT2D eigenvalue weighted by Crippen LogP contribution is -2.45. The van der Waals surface area contributed by atoms with Crippen LogP contribution in [0, 0.1) is 0 Å². The Hall–Kier alpha value is -0.530. The van der Waals surface area contributed by atoms with Crippen LogP contribution in [0.15, 0.2) is 24.3 Å². The molecular weight excluding hydrogens is 242 g/mol. The normalized spacial score (nSPS) is 12.8. The first kappa shape index (κ1) is 15.5. The maximum atomic E-state index is 6.39. The lowest BCUT2D eigenvalue weighted by atomic mass is 9.75. The number of nitrogens with one attached hydrogen (secondary N) is 1. The molecule has 0 unspecified atom stereocenters. The molecule has 0 bridgehead atoms. The van der Waals surface area contributed by atoms with Crippen molar-refractivity contribution in [2.24, 2.45) is 0 Å². The summed E-state index contributed by atoms with van der Waals surface area (Å²) in [6.07, 6.45) is 2.19. The molecule has 0 spiro atoms. The van der Waals surface area contributed by atoms with Crippen molar-refractivity contribution < 1.29 is 0 Å². The van der Waals surface area contributed by atoms with Crippen LogP contribution in [0.1, 0.15) is 53.0 Å². The van der Waals surface area contributed by atoms with Gasteiger partial charge in [0.1, 0.15) is 0 Å². The van der Waals surface area contributed by atoms with Gasteiger partial charge in [0.05, 0.1) is 0 Å². The average Bonchev–Trinajstić information content (AvgIpc) is 2.31. The molecule has 0 saturated carbocycles. The zero-order valence-corrected chi connectivity index (χ0v) is 13.1. The molecule has 0 amide bonds. The Balaban J connectivity index is 3.04. The Morgan fingerprint density at radius 1 is 1.06 bits per heavy atom. The predicted octanol–water partition coefficient (Wildman–Crippen LogP) is 4.79. The SMILES string of the molecule is CCC(CC)(CNC(C)(C)C)c1ccccc1Cl. The van der Waals surface area contributed by atoms with E-state index in [4.69, 9.17) is 11.6 Å². The Bertz CT molecular complexity index is 375. The second-order valence-corrected chi connectivity index (χ2v) is 6.48. The molecule has 0 aliphatic carbocycles. The summed E-state index contributed by atoms with van der Waals surface area (Å²) < 4.78 is 0. The standard InChI is InChI=1S/C16H26ClN/c1-6-16(7-2,12-18-15(3,4)5)13-10-8-9-11-14(13)17/h8-11,18H,6-7,12H2,1-5H3. The van der Waals surface area contributed by atoms with Crippen LogP contribution in [0.25, 0.3) is 0 Å². The molecule has 0 aliphatic heterocycles. The number of halogens is 1. The largest absolute Gasteiger partial charge is 0.311 e. The number of hydrogen-bond donors (Lipinski definition) is 1. The minimum atomic E-state index is 0.131. The van der Waals surface area contributed by atoms with Crippen molar-refractivity contribution in [2.75, 3.05) is 6.54 Å². The second-order valence-electron chi connectivity index (χ2n) is 6.07. The van der Waals surface area contributed by atoms with Gasteiger partial charge in [-0.3, -0.25) is 0 Å². The maximum Gasteiger partial charge on any atom is 0.0444 e. The van der Waals surface area contributed by atoms with Gasteiger partial charge in [-0.05, 0) is 45.2 Å². The molecule has 102 valence electrons. The zero-order valence-electron chi connectivity index (χ0n) is 12.3. The summed E-state index contributed by atoms with van der Waals surface area (Å²) in [6.45, 7) is 12.1. The molecule has 1 nitrogen and oxygen atoms in total. The van der Waals surface area contributed by atoms with Gasteiger partial charge in [-0.15, -0.1) is 0 Å². The quantitative estimate of drug-likeness (QED) is 0.809. The van der Waals surface area contributed by atoms with Gasteiger partial charge >= 0.3 is 0 Å². The number of hydrogen-bond acceptors (Lipinski definition) is 1. The van der Waals surface area contributed by atoms with Gasteiger partial charge in [0.2, 0.25) is 0 Å². The minimum absolute atomic E-state index is 0.131. The summed E-state index contributed by atoms with van der Waals surface area (Å²) in [5, 5.41) is 4.52. The molecule has 0 saturated heterocycles. The van der Waals surface area contributed by atoms with Crippen LogP contribution in [0.5, 0.6) is 0 Å². The second kappa shape index (κ2) is 6.08. The van der Waals surface area contributed by atoms with Gasteiger partial charge in [-0.25, -0.2) is 0 Å². The first-order valence-electron chi connectivity index (χ1n) is 6.84. The fraction of sp³-hybridized carbons (Fsp3) is 0.625. The van der Waals surface area contributed by atoms with Crippen molar-refractivity contribution in [2.45, 2.75) is 58.4 Å². The monoisotopic (exact) mass is 267 g/mol. The lowest BCUT2D eigenvalue weighted by Gasteiger charge is -2.36. The van der Waals surface area contributed by atoms with E-state index in [9.17, 15) is 0 Å². The van der Waals surface area contributed by atoms with E-state index in [1.54, 1.807) is 0 Å². The van der Waals surface area contributed by atoms with Crippen LogP contribution in [0.4, 0.5) is 0 Å². The molecule has 0 aromatic heterocycles. The highest BCUT2D eigenvalue weighted by Gasteiger charge is 2.31. The summed E-state index contributed by atoms with van der Waals surface area (Å²) in [5.74, 6) is 0. The predicted molar refractivity (Wildman–Crippen MR) is 81.5 cm³/mol. The first-order chi connectivity index (χ1) is 8.34. The van der Waals surface area contributed by atoms with E-state index in [1.165, 1.54) is 5.56 Å². The third-order valence-corrected chi connectivity index (χ3v) is 4.09. The molecule has 0 aliphatic rings. The average molecular weight is 268 g/mol. The fourth-order valence-electron chi connectivity index (χ4n) is 2.30. The van der Waals surface area contributed by atoms with E-state index in [2.05, 4.69) is 52.1 Å². The third kappa shape index (κ3) is 3.73. The highest BCUT2D eigenvalue weighted by atomic mass is 35.5. The molecule has 0 heterocycles. The van der Waals surface area contributed by atoms with Crippen LogP contribution < -0.4 is 5.32 Å². The molecule has 0 fully saturated rings. The molecule has 1 aromatic rings. The van der Waals surface area contributed by atoms with Crippen molar-refractivity contribution in [1.82, 2.24) is 5.32 Å². The van der Waals surface area contributed by atoms with Crippen LogP contribution in [0.3, 0.4) is 0 Å². The van der Waals surface area contributed by atoms with Gasteiger partial charge in [0, 0.05) is 22.5 Å². The van der Waals surface area contributed by atoms with Gasteiger partial charge in [0.25, 0.3) is 0 Å². The van der Waals surface area contributed by atoms with E-state index < -0.39 is 0 Å². The summed E-state index contributed by atoms with van der Waals surface area (Å²) in [5.41, 5.74) is 1.54. The van der Waals surface area contributed by atoms with Crippen molar-refractivity contribution in [3.8, 4) is 0 Å². The Morgan fingerprint density at radius 3 is 2.06 bits per heavy atom. The van der Waals surface area contributed by atoms with Gasteiger partial charge < -0.3 is 5.32 Å². The van der Waals surface area contributed by atoms with E-state index in [0.717, 1.165) is 24.4 Å². The highest BCUT2D eigenvalue weighted by molar-refractivity contribution is 6.31. The smallest absolute Gasteiger partial charge is 0.0444 e. The molecule has 1 rings (SSSR count). The molecule has 2 heteroatoms. The Morgan fingerprint density at radius 2 is 1.61 bits per heavy atom. The summed E-state index contributed by atoms with van der Waals surface area (Å²) >= 11 is 6.39. The van der Waals surface area contributed by atoms with Crippen LogP contribution in [-0.2, 0) is 5.41 Å². The summed E-state index contributed by atoms with van der Waals surface area (Å²) in [6, 6.07) is 8.24. The first-order valence-corrected chi connectivity index (χ1v) is 7.22. The number of benzene rings is 1. The minimum Gasteiger partial charge on any atom is -0.311 e. The zero-order chi connectivity index (χ0) is 13.8. The van der Waals surface area contributed by atoms with E-state index in [-0.39, 0.29) is 11.0 Å². The van der Waals surface area contributed by atoms with Crippen molar-refractivity contribution in [3.63, 3.8) is 0 Å². The molecule has 1 aromatic carbocycles. The molecule has 0 radical (unpaired) electrons. The van der Waals surface area contributed by atoms with Gasteiger partial charge in [-0.2, -0.15) is 0 Å². The number of rotatable bonds is 5. The Labute approximate surface area is 117 Å². The molecular formula is C16H26ClN. The fourth-order valence-corrected chi connectivity index (χ4v) is 2.64. The van der Waals surface area contributed by atoms with Gasteiger partial charge in [-0.1, -0.05) is 43.6 Å². The van der Waals surface area contributed by atoms with E-state index in [1.807, 2.05) is 12.1 Å². The van der Waals surface area contributed by atoms with E-state index >= 15 is 0 Å². The van der Waals surface area contributed by atoms with Crippen LogP contribution >= 0.6 is 11.6 Å². The topological polar surface area (TPSA) is 12.0 Å². The van der Waals surface area contributed by atoms with Gasteiger partial charge in [0.15, 0.2) is 0 Å². The van der Waals surface area contributed by atoms with Crippen molar-refractivity contribution in [3.05, 3.63) is 34.9 Å². The molecule has 18 heavy (non-hydrogen) atoms. The molecule has 1 N–H and O–H groups in total. The van der Waals surface area contributed by atoms with E-state index in [0.29, 0.717) is 0 Å². The lowest BCUT2D eigenvalue weighted by molar-refractivity contribution is 0.313. The van der Waals surface area contributed by atoms with Crippen molar-refractivity contribution >= 4 is 11.6 Å². The summed E-state index contributed by atoms with van der Waals surface area (Å²) in [7, 11) is 0. The van der Waals surface area contributed by atoms with Crippen LogP contribution in [0.2, 0.25) is 5.02 Å². The maximum absolute atomic E-state index is 6.39. The Kier molecular flexibility index (Phi) is 5.24.